The van der Waals surface area contributed by atoms with E-state index in [4.69, 9.17) is 10.8 Å². The van der Waals surface area contributed by atoms with E-state index in [1.807, 2.05) is 6.07 Å². The molecule has 1 saturated heterocycles. The lowest BCUT2D eigenvalue weighted by Crippen LogP contribution is -2.32. The van der Waals surface area contributed by atoms with E-state index in [0.717, 1.165) is 31.6 Å². The van der Waals surface area contributed by atoms with Crippen molar-refractivity contribution in [1.82, 2.24) is 0 Å². The first-order chi connectivity index (χ1) is 9.08. The average Bonchev–Trinajstić information content (AvgIpc) is 2.41. The molecule has 0 saturated carbocycles. The quantitative estimate of drug-likeness (QED) is 0.871. The minimum absolute atomic E-state index is 0.0153. The minimum Gasteiger partial charge on any atom is -0.480 e. The third-order valence-corrected chi connectivity index (χ3v) is 3.51. The Morgan fingerprint density at radius 2 is 2.05 bits per heavy atom. The van der Waals surface area contributed by atoms with Crippen molar-refractivity contribution in [3.05, 3.63) is 29.6 Å². The molecule has 3 N–H and O–H groups in total. The summed E-state index contributed by atoms with van der Waals surface area (Å²) in [6, 6.07) is 3.91. The van der Waals surface area contributed by atoms with Gasteiger partial charge in [0.25, 0.3) is 0 Å². The van der Waals surface area contributed by atoms with Gasteiger partial charge in [-0.05, 0) is 37.0 Å². The van der Waals surface area contributed by atoms with Crippen LogP contribution in [0.4, 0.5) is 10.1 Å². The van der Waals surface area contributed by atoms with Gasteiger partial charge < -0.3 is 15.7 Å². The molecule has 4 nitrogen and oxygen atoms in total. The maximum absolute atomic E-state index is 14.0. The van der Waals surface area contributed by atoms with Crippen molar-refractivity contribution in [2.45, 2.75) is 31.7 Å². The molecule has 0 aromatic heterocycles. The summed E-state index contributed by atoms with van der Waals surface area (Å²) in [5.41, 5.74) is 6.64. The summed E-state index contributed by atoms with van der Waals surface area (Å²) in [5.74, 6) is -1.49. The Hall–Kier alpha value is -1.62. The zero-order valence-electron chi connectivity index (χ0n) is 10.8. The predicted molar refractivity (Wildman–Crippen MR) is 71.8 cm³/mol. The second-order valence-corrected chi connectivity index (χ2v) is 4.97. The van der Waals surface area contributed by atoms with Crippen LogP contribution in [0, 0.1) is 5.82 Å². The zero-order valence-corrected chi connectivity index (χ0v) is 10.8. The molecule has 0 bridgehead atoms. The molecule has 1 aliphatic heterocycles. The van der Waals surface area contributed by atoms with Crippen molar-refractivity contribution >= 4 is 11.7 Å². The van der Waals surface area contributed by atoms with Gasteiger partial charge >= 0.3 is 5.97 Å². The van der Waals surface area contributed by atoms with Crippen molar-refractivity contribution in [3.8, 4) is 0 Å². The summed E-state index contributed by atoms with van der Waals surface area (Å²) < 4.78 is 14.0. The van der Waals surface area contributed by atoms with Gasteiger partial charge in [-0.2, -0.15) is 0 Å². The topological polar surface area (TPSA) is 66.6 Å². The summed E-state index contributed by atoms with van der Waals surface area (Å²) in [7, 11) is 0. The summed E-state index contributed by atoms with van der Waals surface area (Å²) in [6.45, 7) is 1.90. The van der Waals surface area contributed by atoms with E-state index in [-0.39, 0.29) is 12.2 Å². The van der Waals surface area contributed by atoms with Gasteiger partial charge in [0.15, 0.2) is 0 Å². The van der Waals surface area contributed by atoms with Gasteiger partial charge in [0, 0.05) is 25.2 Å². The van der Waals surface area contributed by atoms with Crippen LogP contribution in [0.15, 0.2) is 18.2 Å². The Bertz CT molecular complexity index is 459. The molecule has 1 aliphatic rings. The molecule has 0 amide bonds. The van der Waals surface area contributed by atoms with E-state index in [0.29, 0.717) is 5.56 Å². The maximum Gasteiger partial charge on any atom is 0.320 e. The second-order valence-electron chi connectivity index (χ2n) is 4.97. The lowest BCUT2D eigenvalue weighted by Gasteiger charge is -2.29. The van der Waals surface area contributed by atoms with Crippen molar-refractivity contribution in [1.29, 1.82) is 0 Å². The van der Waals surface area contributed by atoms with Gasteiger partial charge in [-0.25, -0.2) is 4.39 Å². The van der Waals surface area contributed by atoms with E-state index >= 15 is 0 Å². The van der Waals surface area contributed by atoms with Crippen LogP contribution in [-0.2, 0) is 11.2 Å². The van der Waals surface area contributed by atoms with Gasteiger partial charge in [0.1, 0.15) is 11.9 Å². The van der Waals surface area contributed by atoms with Crippen LogP contribution in [0.2, 0.25) is 0 Å². The second kappa shape index (κ2) is 6.02. The highest BCUT2D eigenvalue weighted by Crippen LogP contribution is 2.22. The van der Waals surface area contributed by atoms with Crippen molar-refractivity contribution in [2.24, 2.45) is 5.73 Å². The number of benzene rings is 1. The first-order valence-corrected chi connectivity index (χ1v) is 6.59. The van der Waals surface area contributed by atoms with Gasteiger partial charge in [0.2, 0.25) is 0 Å². The third kappa shape index (κ3) is 3.44. The molecule has 19 heavy (non-hydrogen) atoms. The Kier molecular flexibility index (Phi) is 4.37. The van der Waals surface area contributed by atoms with Crippen LogP contribution in [0.5, 0.6) is 0 Å². The van der Waals surface area contributed by atoms with E-state index < -0.39 is 12.0 Å². The SMILES string of the molecule is NC(Cc1ccc(N2CCCCC2)cc1F)C(=O)O. The number of aliphatic carboxylic acids is 1. The number of nitrogens with zero attached hydrogens (tertiary/aromatic N) is 1. The maximum atomic E-state index is 14.0. The fourth-order valence-electron chi connectivity index (χ4n) is 2.37. The highest BCUT2D eigenvalue weighted by Gasteiger charge is 2.17. The normalized spacial score (nSPS) is 17.3. The molecule has 104 valence electrons. The first-order valence-electron chi connectivity index (χ1n) is 6.59. The van der Waals surface area contributed by atoms with Crippen LogP contribution < -0.4 is 10.6 Å². The molecular weight excluding hydrogens is 247 g/mol. The number of nitrogens with two attached hydrogens (primary N) is 1. The van der Waals surface area contributed by atoms with Gasteiger partial charge in [-0.15, -0.1) is 0 Å². The Labute approximate surface area is 112 Å². The molecule has 0 spiro atoms. The number of halogens is 1. The molecule has 1 aromatic rings. The van der Waals surface area contributed by atoms with E-state index in [1.165, 1.54) is 12.5 Å². The van der Waals surface area contributed by atoms with Gasteiger partial charge in [0.05, 0.1) is 0 Å². The van der Waals surface area contributed by atoms with Crippen LogP contribution in [0.25, 0.3) is 0 Å². The summed E-state index contributed by atoms with van der Waals surface area (Å²) in [6.07, 6.45) is 3.51. The van der Waals surface area contributed by atoms with Crippen LogP contribution in [0.3, 0.4) is 0 Å². The molecular formula is C14H19FN2O2. The molecule has 1 unspecified atom stereocenters. The number of hydrogen-bond donors (Lipinski definition) is 2. The Balaban J connectivity index is 2.10. The fourth-order valence-corrected chi connectivity index (χ4v) is 2.37. The number of hydrogen-bond acceptors (Lipinski definition) is 3. The highest BCUT2D eigenvalue weighted by molar-refractivity contribution is 5.73. The van der Waals surface area contributed by atoms with Gasteiger partial charge in [-0.1, -0.05) is 6.07 Å². The number of piperidine rings is 1. The minimum atomic E-state index is -1.11. The number of rotatable bonds is 4. The van der Waals surface area contributed by atoms with Crippen molar-refractivity contribution < 1.29 is 14.3 Å². The lowest BCUT2D eigenvalue weighted by molar-refractivity contribution is -0.138. The standard InChI is InChI=1S/C14H19FN2O2/c15-12-9-11(17-6-2-1-3-7-17)5-4-10(12)8-13(16)14(18)19/h4-5,9,13H,1-3,6-8,16H2,(H,18,19). The number of carbonyl (C=O) groups is 1. The molecule has 0 radical (unpaired) electrons. The molecule has 1 fully saturated rings. The average molecular weight is 266 g/mol. The first kappa shape index (κ1) is 13.8. The van der Waals surface area contributed by atoms with Gasteiger partial charge in [-0.3, -0.25) is 4.79 Å². The van der Waals surface area contributed by atoms with Crippen LogP contribution >= 0.6 is 0 Å². The number of carboxylic acids is 1. The van der Waals surface area contributed by atoms with Crippen LogP contribution in [0.1, 0.15) is 24.8 Å². The Morgan fingerprint density at radius 3 is 2.63 bits per heavy atom. The molecule has 0 aliphatic carbocycles. The Morgan fingerprint density at radius 1 is 1.37 bits per heavy atom. The molecule has 2 rings (SSSR count). The number of carboxylic acid groups (broad SMARTS) is 1. The lowest BCUT2D eigenvalue weighted by atomic mass is 10.0. The smallest absolute Gasteiger partial charge is 0.320 e. The zero-order chi connectivity index (χ0) is 13.8. The molecule has 5 heteroatoms. The largest absolute Gasteiger partial charge is 0.480 e. The number of anilines is 1. The monoisotopic (exact) mass is 266 g/mol. The fraction of sp³-hybridized carbons (Fsp3) is 0.500. The highest BCUT2D eigenvalue weighted by atomic mass is 19.1. The summed E-state index contributed by atoms with van der Waals surface area (Å²) >= 11 is 0. The van der Waals surface area contributed by atoms with Crippen LogP contribution in [-0.4, -0.2) is 30.2 Å². The summed E-state index contributed by atoms with van der Waals surface area (Å²) in [4.78, 5) is 12.8. The summed E-state index contributed by atoms with van der Waals surface area (Å²) in [5, 5.41) is 8.74. The predicted octanol–water partition coefficient (Wildman–Crippen LogP) is 1.77. The van der Waals surface area contributed by atoms with Crippen molar-refractivity contribution in [3.63, 3.8) is 0 Å². The molecule has 1 aromatic carbocycles. The molecule has 1 heterocycles. The van der Waals surface area contributed by atoms with Crippen molar-refractivity contribution in [2.75, 3.05) is 18.0 Å². The van der Waals surface area contributed by atoms with E-state index in [2.05, 4.69) is 4.90 Å². The van der Waals surface area contributed by atoms with E-state index in [1.54, 1.807) is 6.07 Å². The molecule has 1 atom stereocenters. The van der Waals surface area contributed by atoms with E-state index in [9.17, 15) is 9.18 Å². The third-order valence-electron chi connectivity index (χ3n) is 3.51.